The van der Waals surface area contributed by atoms with E-state index in [9.17, 15) is 13.6 Å². The van der Waals surface area contributed by atoms with Gasteiger partial charge in [-0.3, -0.25) is 4.84 Å². The molecule has 0 aromatic heterocycles. The van der Waals surface area contributed by atoms with E-state index in [2.05, 4.69) is 10.2 Å². The Hall–Kier alpha value is -2.79. The molecule has 0 bridgehead atoms. The summed E-state index contributed by atoms with van der Waals surface area (Å²) in [4.78, 5) is 18.2. The Bertz CT molecular complexity index is 955. The third-order valence-electron chi connectivity index (χ3n) is 4.44. The molecular weight excluding hydrogens is 458 g/mol. The first-order chi connectivity index (χ1) is 15.9. The van der Waals surface area contributed by atoms with Gasteiger partial charge in [-0.1, -0.05) is 19.4 Å². The number of unbranched alkanes of at least 4 members (excludes halogenated alkanes) is 1. The zero-order chi connectivity index (χ0) is 25.5. The van der Waals surface area contributed by atoms with Gasteiger partial charge in [0.2, 0.25) is 0 Å². The molecule has 0 saturated heterocycles. The fraction of sp³-hybridized carbons (Fsp3) is 0.522. The maximum Gasteiger partial charge on any atom is 0.437 e. The number of hydrogen-bond donors (Lipinski definition) is 0. The molecule has 1 aliphatic carbocycles. The summed E-state index contributed by atoms with van der Waals surface area (Å²) in [5.74, 6) is -4.51. The number of rotatable bonds is 9. The van der Waals surface area contributed by atoms with E-state index in [1.54, 1.807) is 27.7 Å². The largest absolute Gasteiger partial charge is 0.442 e. The summed E-state index contributed by atoms with van der Waals surface area (Å²) >= 11 is 0. The van der Waals surface area contributed by atoms with Gasteiger partial charge in [0.25, 0.3) is 0 Å². The Morgan fingerprint density at radius 3 is 2.29 bits per heavy atom. The van der Waals surface area contributed by atoms with Crippen molar-refractivity contribution >= 4 is 11.8 Å². The molecule has 1 aliphatic rings. The number of benzene rings is 1. The lowest BCUT2D eigenvalue weighted by Gasteiger charge is -2.41. The minimum atomic E-state index is -2.02. The van der Waals surface area contributed by atoms with E-state index in [1.165, 1.54) is 0 Å². The first-order valence-electron chi connectivity index (χ1n) is 10.9. The van der Waals surface area contributed by atoms with Gasteiger partial charge in [0.1, 0.15) is 11.4 Å². The van der Waals surface area contributed by atoms with Crippen molar-refractivity contribution in [2.45, 2.75) is 65.2 Å². The number of hydrogen-bond acceptors (Lipinski definition) is 6. The van der Waals surface area contributed by atoms with Crippen LogP contribution in [-0.2, 0) is 14.3 Å². The smallest absolute Gasteiger partial charge is 0.437 e. The predicted molar refractivity (Wildman–Crippen MR) is 116 cm³/mol. The zero-order valence-electron chi connectivity index (χ0n) is 19.8. The second kappa shape index (κ2) is 11.6. The topological polar surface area (TPSA) is 72.7 Å². The SMILES string of the molecule is CCCCOC1(N(OCC)C(=O)OC(C)(C)C)C=C(F)C(N=Nc2c(F)cccc2F)=C(F)C1. The quantitative estimate of drug-likeness (QED) is 0.122. The highest BCUT2D eigenvalue weighted by Gasteiger charge is 2.47. The van der Waals surface area contributed by atoms with Crippen molar-refractivity contribution in [3.05, 3.63) is 53.3 Å². The molecule has 0 radical (unpaired) electrons. The summed E-state index contributed by atoms with van der Waals surface area (Å²) in [6.07, 6.45) is 0.362. The van der Waals surface area contributed by atoms with Crippen molar-refractivity contribution in [2.24, 2.45) is 10.2 Å². The first kappa shape index (κ1) is 27.5. The van der Waals surface area contributed by atoms with Gasteiger partial charge in [-0.05, 0) is 46.2 Å². The van der Waals surface area contributed by atoms with E-state index in [4.69, 9.17) is 14.3 Å². The van der Waals surface area contributed by atoms with Crippen LogP contribution in [0.25, 0.3) is 0 Å². The van der Waals surface area contributed by atoms with Crippen molar-refractivity contribution < 1.29 is 36.7 Å². The highest BCUT2D eigenvalue weighted by Crippen LogP contribution is 2.40. The minimum Gasteiger partial charge on any atom is -0.442 e. The monoisotopic (exact) mass is 487 g/mol. The maximum atomic E-state index is 15.2. The van der Waals surface area contributed by atoms with Crippen molar-refractivity contribution in [2.75, 3.05) is 13.2 Å². The third kappa shape index (κ3) is 6.86. The number of carbonyl (C=O) groups excluding carboxylic acids is 1. The van der Waals surface area contributed by atoms with E-state index in [-0.39, 0.29) is 13.2 Å². The number of nitrogens with zero attached hydrogens (tertiary/aromatic N) is 3. The fourth-order valence-corrected chi connectivity index (χ4v) is 2.96. The Kier molecular flexibility index (Phi) is 9.34. The number of halogens is 4. The van der Waals surface area contributed by atoms with Gasteiger partial charge in [0.05, 0.1) is 13.0 Å². The Labute approximate surface area is 196 Å². The van der Waals surface area contributed by atoms with Gasteiger partial charge in [-0.25, -0.2) is 22.4 Å². The van der Waals surface area contributed by atoms with Crippen molar-refractivity contribution in [1.82, 2.24) is 5.06 Å². The predicted octanol–water partition coefficient (Wildman–Crippen LogP) is 7.19. The summed E-state index contributed by atoms with van der Waals surface area (Å²) in [5.41, 5.74) is -4.62. The zero-order valence-corrected chi connectivity index (χ0v) is 19.8. The summed E-state index contributed by atoms with van der Waals surface area (Å²) in [5, 5.41) is 7.37. The van der Waals surface area contributed by atoms with Crippen LogP contribution in [0.2, 0.25) is 0 Å². The molecule has 1 atom stereocenters. The molecule has 0 spiro atoms. The highest BCUT2D eigenvalue weighted by molar-refractivity contribution is 5.68. The van der Waals surface area contributed by atoms with Gasteiger partial charge in [-0.15, -0.1) is 15.3 Å². The minimum absolute atomic E-state index is 0.0297. The second-order valence-electron chi connectivity index (χ2n) is 8.43. The molecule has 1 unspecified atom stereocenters. The fourth-order valence-electron chi connectivity index (χ4n) is 2.96. The van der Waals surface area contributed by atoms with Crippen LogP contribution < -0.4 is 0 Å². The Morgan fingerprint density at radius 1 is 1.12 bits per heavy atom. The van der Waals surface area contributed by atoms with Gasteiger partial charge in [0.15, 0.2) is 34.6 Å². The molecule has 1 aromatic rings. The van der Waals surface area contributed by atoms with Crippen molar-refractivity contribution in [3.8, 4) is 0 Å². The number of ether oxygens (including phenoxy) is 2. The molecule has 2 rings (SSSR count). The molecule has 0 N–H and O–H groups in total. The summed E-state index contributed by atoms with van der Waals surface area (Å²) in [7, 11) is 0. The molecular formula is C23H29F4N3O4. The van der Waals surface area contributed by atoms with Crippen LogP contribution in [0.3, 0.4) is 0 Å². The summed E-state index contributed by atoms with van der Waals surface area (Å²) in [6.45, 7) is 8.36. The summed E-state index contributed by atoms with van der Waals surface area (Å²) < 4.78 is 69.0. The molecule has 1 amide bonds. The number of carbonyl (C=O) groups is 1. The van der Waals surface area contributed by atoms with Crippen LogP contribution in [0, 0.1) is 11.6 Å². The van der Waals surface area contributed by atoms with Gasteiger partial charge >= 0.3 is 6.09 Å². The molecule has 0 heterocycles. The molecule has 188 valence electrons. The van der Waals surface area contributed by atoms with Crippen LogP contribution in [0.15, 0.2) is 51.9 Å². The van der Waals surface area contributed by atoms with Crippen LogP contribution in [0.1, 0.15) is 53.9 Å². The van der Waals surface area contributed by atoms with Crippen molar-refractivity contribution in [3.63, 3.8) is 0 Å². The Balaban J connectivity index is 2.47. The highest BCUT2D eigenvalue weighted by atomic mass is 19.1. The molecule has 34 heavy (non-hydrogen) atoms. The van der Waals surface area contributed by atoms with Gasteiger partial charge < -0.3 is 9.47 Å². The number of amides is 1. The van der Waals surface area contributed by atoms with Gasteiger partial charge in [-0.2, -0.15) is 0 Å². The summed E-state index contributed by atoms with van der Waals surface area (Å²) in [6, 6.07) is 2.98. The number of azo groups is 1. The van der Waals surface area contributed by atoms with Crippen LogP contribution in [0.4, 0.5) is 28.0 Å². The standard InChI is InChI=1S/C23H29F4N3O4/c1-6-8-12-32-23(30(33-7-2)21(31)34-22(3,4)5)13-17(26)20(18(27)14-23)29-28-19-15(24)10-9-11-16(19)25/h9-11,13H,6-8,12,14H2,1-5H3. The van der Waals surface area contributed by atoms with Crippen LogP contribution in [0.5, 0.6) is 0 Å². The lowest BCUT2D eigenvalue weighted by molar-refractivity contribution is -0.268. The third-order valence-corrected chi connectivity index (χ3v) is 4.44. The average molecular weight is 487 g/mol. The van der Waals surface area contributed by atoms with Crippen LogP contribution >= 0.6 is 0 Å². The average Bonchev–Trinajstić information content (AvgIpc) is 2.72. The lowest BCUT2D eigenvalue weighted by Crippen LogP contribution is -2.55. The molecule has 7 nitrogen and oxygen atoms in total. The molecule has 0 saturated carbocycles. The van der Waals surface area contributed by atoms with Gasteiger partial charge in [0, 0.05) is 12.7 Å². The lowest BCUT2D eigenvalue weighted by atomic mass is 10.00. The molecule has 1 aromatic carbocycles. The van der Waals surface area contributed by atoms with E-state index >= 15 is 8.78 Å². The van der Waals surface area contributed by atoms with Crippen molar-refractivity contribution in [1.29, 1.82) is 0 Å². The van der Waals surface area contributed by atoms with E-state index in [1.807, 2.05) is 6.92 Å². The first-order valence-corrected chi connectivity index (χ1v) is 10.9. The van der Waals surface area contributed by atoms with E-state index in [0.717, 1.165) is 30.7 Å². The second-order valence-corrected chi connectivity index (χ2v) is 8.43. The number of allylic oxidation sites excluding steroid dienone is 1. The van der Waals surface area contributed by atoms with E-state index < -0.39 is 58.5 Å². The van der Waals surface area contributed by atoms with E-state index in [0.29, 0.717) is 11.5 Å². The molecule has 0 aliphatic heterocycles. The molecule has 11 heteroatoms. The Morgan fingerprint density at radius 2 is 1.76 bits per heavy atom. The maximum absolute atomic E-state index is 15.2. The molecule has 0 fully saturated rings. The normalized spacial score (nSPS) is 18.9. The van der Waals surface area contributed by atoms with Crippen LogP contribution in [-0.4, -0.2) is 35.7 Å². The number of hydroxylamine groups is 2.